The predicted molar refractivity (Wildman–Crippen MR) is 115 cm³/mol. The molecule has 1 amide bonds. The van der Waals surface area contributed by atoms with Gasteiger partial charge < -0.3 is 10.2 Å². The summed E-state index contributed by atoms with van der Waals surface area (Å²) in [5.74, 6) is -1.13. The Balaban J connectivity index is 1.51. The Kier molecular flexibility index (Phi) is 5.90. The van der Waals surface area contributed by atoms with Crippen molar-refractivity contribution >= 4 is 34.7 Å². The summed E-state index contributed by atoms with van der Waals surface area (Å²) < 4.78 is 27.7. The standard InChI is InChI=1S/C22H18ClF2N5O/c1-13-7-9-30(21-17(25)6-3-8-26-21)12-15(13)18-10-28-19(11-27-18)29-22(31)14-4-2-5-16(24)20(14)23/h2-6,8,10-11H,7,9,12H2,1H3,(H,28,29,31). The van der Waals surface area contributed by atoms with Crippen LogP contribution < -0.4 is 10.2 Å². The molecule has 6 nitrogen and oxygen atoms in total. The minimum absolute atomic E-state index is 0.00593. The summed E-state index contributed by atoms with van der Waals surface area (Å²) in [6.07, 6.45) is 5.26. The molecule has 0 saturated carbocycles. The molecule has 0 unspecified atom stereocenters. The molecule has 2 aromatic heterocycles. The summed E-state index contributed by atoms with van der Waals surface area (Å²) in [6, 6.07) is 6.94. The lowest BCUT2D eigenvalue weighted by Crippen LogP contribution is -2.32. The Bertz CT molecular complexity index is 1170. The molecule has 0 radical (unpaired) electrons. The van der Waals surface area contributed by atoms with Crippen LogP contribution in [0, 0.1) is 11.6 Å². The fourth-order valence-corrected chi connectivity index (χ4v) is 3.57. The molecule has 0 aliphatic carbocycles. The van der Waals surface area contributed by atoms with Gasteiger partial charge >= 0.3 is 0 Å². The van der Waals surface area contributed by atoms with Gasteiger partial charge in [0, 0.05) is 19.3 Å². The van der Waals surface area contributed by atoms with Gasteiger partial charge in [-0.05, 0) is 43.2 Å². The number of anilines is 2. The van der Waals surface area contributed by atoms with E-state index >= 15 is 0 Å². The van der Waals surface area contributed by atoms with Crippen LogP contribution in [0.4, 0.5) is 20.4 Å². The zero-order chi connectivity index (χ0) is 22.0. The summed E-state index contributed by atoms with van der Waals surface area (Å²) in [7, 11) is 0. The summed E-state index contributed by atoms with van der Waals surface area (Å²) in [5.41, 5.74) is 2.69. The number of nitrogens with zero attached hydrogens (tertiary/aromatic N) is 4. The lowest BCUT2D eigenvalue weighted by Gasteiger charge is -2.30. The van der Waals surface area contributed by atoms with E-state index in [1.165, 1.54) is 30.5 Å². The monoisotopic (exact) mass is 441 g/mol. The fraction of sp³-hybridized carbons (Fsp3) is 0.182. The van der Waals surface area contributed by atoms with Gasteiger partial charge in [0.15, 0.2) is 17.5 Å². The molecule has 9 heteroatoms. The van der Waals surface area contributed by atoms with Crippen LogP contribution in [-0.4, -0.2) is 33.9 Å². The molecule has 0 saturated heterocycles. The van der Waals surface area contributed by atoms with Crippen molar-refractivity contribution in [2.45, 2.75) is 13.3 Å². The van der Waals surface area contributed by atoms with Crippen LogP contribution in [0.15, 0.2) is 54.5 Å². The smallest absolute Gasteiger partial charge is 0.258 e. The van der Waals surface area contributed by atoms with E-state index in [1.807, 2.05) is 11.8 Å². The van der Waals surface area contributed by atoms with Crippen molar-refractivity contribution in [3.05, 3.63) is 82.4 Å². The molecule has 3 heterocycles. The normalized spacial score (nSPS) is 14.0. The summed E-state index contributed by atoms with van der Waals surface area (Å²) in [4.78, 5) is 27.0. The lowest BCUT2D eigenvalue weighted by atomic mass is 9.99. The van der Waals surface area contributed by atoms with Gasteiger partial charge in [0.1, 0.15) is 5.82 Å². The summed E-state index contributed by atoms with van der Waals surface area (Å²) in [6.45, 7) is 3.10. The second-order valence-corrected chi connectivity index (χ2v) is 7.46. The maximum absolute atomic E-state index is 14.1. The average molecular weight is 442 g/mol. The highest BCUT2D eigenvalue weighted by molar-refractivity contribution is 6.34. The first-order valence-electron chi connectivity index (χ1n) is 9.56. The zero-order valence-corrected chi connectivity index (χ0v) is 17.3. The number of hydrogen-bond donors (Lipinski definition) is 1. The van der Waals surface area contributed by atoms with Crippen LogP contribution >= 0.6 is 11.6 Å². The topological polar surface area (TPSA) is 71.0 Å². The molecule has 0 atom stereocenters. The van der Waals surface area contributed by atoms with Crippen molar-refractivity contribution in [2.24, 2.45) is 0 Å². The van der Waals surface area contributed by atoms with Gasteiger partial charge in [0.2, 0.25) is 0 Å². The van der Waals surface area contributed by atoms with Crippen molar-refractivity contribution in [1.29, 1.82) is 0 Å². The van der Waals surface area contributed by atoms with Crippen molar-refractivity contribution in [3.63, 3.8) is 0 Å². The molecule has 31 heavy (non-hydrogen) atoms. The van der Waals surface area contributed by atoms with Gasteiger partial charge in [-0.15, -0.1) is 0 Å². The number of carbonyl (C=O) groups excluding carboxylic acids is 1. The van der Waals surface area contributed by atoms with Crippen LogP contribution in [0.5, 0.6) is 0 Å². The molecular weight excluding hydrogens is 424 g/mol. The number of pyridine rings is 1. The Morgan fingerprint density at radius 3 is 2.65 bits per heavy atom. The molecule has 0 fully saturated rings. The van der Waals surface area contributed by atoms with E-state index in [0.29, 0.717) is 24.6 Å². The van der Waals surface area contributed by atoms with Gasteiger partial charge in [0.25, 0.3) is 5.91 Å². The zero-order valence-electron chi connectivity index (χ0n) is 16.6. The summed E-state index contributed by atoms with van der Waals surface area (Å²) in [5, 5.41) is 2.30. The Morgan fingerprint density at radius 1 is 1.10 bits per heavy atom. The van der Waals surface area contributed by atoms with Crippen LogP contribution in [-0.2, 0) is 0 Å². The molecule has 4 rings (SSSR count). The van der Waals surface area contributed by atoms with Crippen LogP contribution in [0.1, 0.15) is 29.4 Å². The first-order chi connectivity index (χ1) is 14.9. The highest BCUT2D eigenvalue weighted by atomic mass is 35.5. The van der Waals surface area contributed by atoms with Crippen LogP contribution in [0.3, 0.4) is 0 Å². The first-order valence-corrected chi connectivity index (χ1v) is 9.93. The number of aromatic nitrogens is 3. The van der Waals surface area contributed by atoms with E-state index in [4.69, 9.17) is 11.6 Å². The number of benzene rings is 1. The van der Waals surface area contributed by atoms with Crippen LogP contribution in [0.25, 0.3) is 5.57 Å². The molecule has 3 aromatic rings. The van der Waals surface area contributed by atoms with E-state index in [9.17, 15) is 13.6 Å². The van der Waals surface area contributed by atoms with E-state index in [1.54, 1.807) is 18.5 Å². The van der Waals surface area contributed by atoms with Crippen molar-refractivity contribution < 1.29 is 13.6 Å². The Labute approximate surface area is 182 Å². The molecule has 1 N–H and O–H groups in total. The number of rotatable bonds is 4. The maximum Gasteiger partial charge on any atom is 0.258 e. The average Bonchev–Trinajstić information content (AvgIpc) is 2.77. The molecule has 158 valence electrons. The number of nitrogens with one attached hydrogen (secondary N) is 1. The molecule has 1 aliphatic rings. The Hall–Kier alpha value is -3.39. The second-order valence-electron chi connectivity index (χ2n) is 7.08. The molecule has 1 aliphatic heterocycles. The van der Waals surface area contributed by atoms with Gasteiger partial charge in [-0.25, -0.2) is 18.7 Å². The molecular formula is C22H18ClF2N5O. The lowest BCUT2D eigenvalue weighted by molar-refractivity contribution is 0.102. The molecule has 1 aromatic carbocycles. The van der Waals surface area contributed by atoms with Crippen molar-refractivity contribution in [3.8, 4) is 0 Å². The third-order valence-corrected chi connectivity index (χ3v) is 5.44. The van der Waals surface area contributed by atoms with Gasteiger partial charge in [-0.3, -0.25) is 9.78 Å². The van der Waals surface area contributed by atoms with E-state index in [2.05, 4.69) is 20.3 Å². The molecule has 0 bridgehead atoms. The van der Waals surface area contributed by atoms with Gasteiger partial charge in [0.05, 0.1) is 28.7 Å². The third kappa shape index (κ3) is 4.39. The predicted octanol–water partition coefficient (Wildman–Crippen LogP) is 4.74. The van der Waals surface area contributed by atoms with Gasteiger partial charge in [-0.1, -0.05) is 23.2 Å². The number of amides is 1. The fourth-order valence-electron chi connectivity index (χ4n) is 3.36. The number of halogens is 3. The first kappa shape index (κ1) is 20.9. The van der Waals surface area contributed by atoms with Crippen molar-refractivity contribution in [1.82, 2.24) is 15.0 Å². The number of hydrogen-bond acceptors (Lipinski definition) is 5. The summed E-state index contributed by atoms with van der Waals surface area (Å²) >= 11 is 5.86. The Morgan fingerprint density at radius 2 is 1.90 bits per heavy atom. The highest BCUT2D eigenvalue weighted by Gasteiger charge is 2.22. The second kappa shape index (κ2) is 8.77. The van der Waals surface area contributed by atoms with Crippen molar-refractivity contribution in [2.75, 3.05) is 23.3 Å². The van der Waals surface area contributed by atoms with Gasteiger partial charge in [-0.2, -0.15) is 0 Å². The SMILES string of the molecule is CC1=C(c2cnc(NC(=O)c3cccc(F)c3Cl)cn2)CN(c2ncccc2F)CC1. The van der Waals surface area contributed by atoms with E-state index in [-0.39, 0.29) is 22.2 Å². The quantitative estimate of drug-likeness (QED) is 0.633. The minimum atomic E-state index is -0.677. The molecule has 0 spiro atoms. The van der Waals surface area contributed by atoms with E-state index in [0.717, 1.165) is 17.6 Å². The van der Waals surface area contributed by atoms with E-state index < -0.39 is 11.7 Å². The largest absolute Gasteiger partial charge is 0.349 e. The maximum atomic E-state index is 14.1. The number of carbonyl (C=O) groups is 1. The third-order valence-electron chi connectivity index (χ3n) is 5.06. The minimum Gasteiger partial charge on any atom is -0.349 e. The highest BCUT2D eigenvalue weighted by Crippen LogP contribution is 2.29. The van der Waals surface area contributed by atoms with Crippen LogP contribution in [0.2, 0.25) is 5.02 Å².